The molecule has 2 amide bonds. The number of anilines is 1. The summed E-state index contributed by atoms with van der Waals surface area (Å²) >= 11 is 0. The van der Waals surface area contributed by atoms with Crippen LogP contribution in [-0.2, 0) is 11.2 Å². The van der Waals surface area contributed by atoms with Crippen molar-refractivity contribution >= 4 is 29.9 Å². The number of hydrogen-bond acceptors (Lipinski definition) is 3. The quantitative estimate of drug-likeness (QED) is 0.679. The third kappa shape index (κ3) is 4.98. The van der Waals surface area contributed by atoms with Crippen molar-refractivity contribution < 1.29 is 9.59 Å². The minimum atomic E-state index is -0.154. The molecule has 0 bridgehead atoms. The van der Waals surface area contributed by atoms with Gasteiger partial charge in [0.2, 0.25) is 5.91 Å². The van der Waals surface area contributed by atoms with Gasteiger partial charge in [-0.3, -0.25) is 9.59 Å². The summed E-state index contributed by atoms with van der Waals surface area (Å²) in [6.45, 7) is 2.54. The lowest BCUT2D eigenvalue weighted by atomic mass is 9.91. The second-order valence-corrected chi connectivity index (χ2v) is 7.90. The Hall–Kier alpha value is -2.37. The number of hydrogen-bond donors (Lipinski definition) is 3. The topological polar surface area (TPSA) is 70.2 Å². The maximum absolute atomic E-state index is 12.8. The second kappa shape index (κ2) is 9.42. The zero-order valence-corrected chi connectivity index (χ0v) is 17.3. The highest BCUT2D eigenvalue weighted by Crippen LogP contribution is 2.58. The molecule has 1 spiro atoms. The van der Waals surface area contributed by atoms with Crippen LogP contribution in [0.3, 0.4) is 0 Å². The third-order valence-electron chi connectivity index (χ3n) is 6.08. The van der Waals surface area contributed by atoms with Gasteiger partial charge in [0, 0.05) is 12.5 Å². The van der Waals surface area contributed by atoms with E-state index in [1.807, 2.05) is 48.5 Å². The number of carbonyl (C=O) groups is 2. The molecule has 0 aromatic heterocycles. The van der Waals surface area contributed by atoms with E-state index in [4.69, 9.17) is 0 Å². The van der Waals surface area contributed by atoms with E-state index in [1.54, 1.807) is 6.07 Å². The maximum atomic E-state index is 12.8. The Kier molecular flexibility index (Phi) is 6.93. The molecule has 3 N–H and O–H groups in total. The summed E-state index contributed by atoms with van der Waals surface area (Å²) in [5, 5.41) is 9.34. The molecule has 29 heavy (non-hydrogen) atoms. The number of rotatable bonds is 6. The van der Waals surface area contributed by atoms with E-state index in [9.17, 15) is 9.59 Å². The molecular weight excluding hydrogens is 386 g/mol. The van der Waals surface area contributed by atoms with Gasteiger partial charge in [0.15, 0.2) is 0 Å². The molecule has 6 heteroatoms. The lowest BCUT2D eigenvalue weighted by molar-refractivity contribution is -0.118. The van der Waals surface area contributed by atoms with Crippen molar-refractivity contribution in [1.82, 2.24) is 10.6 Å². The molecule has 0 radical (unpaired) electrons. The van der Waals surface area contributed by atoms with Crippen molar-refractivity contribution in [3.8, 4) is 0 Å². The van der Waals surface area contributed by atoms with Gasteiger partial charge in [0.1, 0.15) is 0 Å². The Morgan fingerprint density at radius 3 is 2.45 bits per heavy atom. The first-order valence-electron chi connectivity index (χ1n) is 10.1. The van der Waals surface area contributed by atoms with Gasteiger partial charge in [-0.25, -0.2) is 0 Å². The number of halogens is 1. The zero-order chi connectivity index (χ0) is 19.4. The van der Waals surface area contributed by atoms with Gasteiger partial charge < -0.3 is 16.0 Å². The molecule has 2 aromatic rings. The zero-order valence-electron chi connectivity index (χ0n) is 16.4. The molecule has 2 aliphatic rings. The van der Waals surface area contributed by atoms with Crippen LogP contribution in [0.25, 0.3) is 0 Å². The van der Waals surface area contributed by atoms with Crippen LogP contribution in [0.5, 0.6) is 0 Å². The average molecular weight is 414 g/mol. The molecule has 1 atom stereocenters. The van der Waals surface area contributed by atoms with E-state index < -0.39 is 0 Å². The molecule has 1 aliphatic carbocycles. The summed E-state index contributed by atoms with van der Waals surface area (Å²) in [6, 6.07) is 17.3. The van der Waals surface area contributed by atoms with Gasteiger partial charge in [-0.15, -0.1) is 12.4 Å². The second-order valence-electron chi connectivity index (χ2n) is 7.90. The first-order chi connectivity index (χ1) is 13.7. The summed E-state index contributed by atoms with van der Waals surface area (Å²) in [6.07, 6.45) is 3.87. The monoisotopic (exact) mass is 413 g/mol. The van der Waals surface area contributed by atoms with E-state index in [2.05, 4.69) is 16.0 Å². The molecule has 2 aromatic carbocycles. The molecule has 1 aliphatic heterocycles. The molecule has 154 valence electrons. The van der Waals surface area contributed by atoms with Crippen LogP contribution < -0.4 is 16.0 Å². The number of piperidine rings is 1. The Morgan fingerprint density at radius 2 is 1.69 bits per heavy atom. The van der Waals surface area contributed by atoms with Crippen LogP contribution >= 0.6 is 12.4 Å². The lowest BCUT2D eigenvalue weighted by Crippen LogP contribution is -2.32. The summed E-state index contributed by atoms with van der Waals surface area (Å²) < 4.78 is 0. The fourth-order valence-electron chi connectivity index (χ4n) is 4.27. The number of carbonyl (C=O) groups excluding carboxylic acids is 2. The molecule has 5 nitrogen and oxygen atoms in total. The molecule has 1 saturated heterocycles. The normalized spacial score (nSPS) is 19.1. The molecule has 4 rings (SSSR count). The fourth-order valence-corrected chi connectivity index (χ4v) is 4.27. The van der Waals surface area contributed by atoms with Crippen LogP contribution in [0.4, 0.5) is 5.69 Å². The molecule has 2 fully saturated rings. The predicted octanol–water partition coefficient (Wildman–Crippen LogP) is 3.41. The van der Waals surface area contributed by atoms with Gasteiger partial charge in [0.05, 0.1) is 11.3 Å². The summed E-state index contributed by atoms with van der Waals surface area (Å²) in [5.74, 6) is -0.0329. The highest BCUT2D eigenvalue weighted by Gasteiger charge is 2.57. The summed E-state index contributed by atoms with van der Waals surface area (Å²) in [5.41, 5.74) is 2.48. The third-order valence-corrected chi connectivity index (χ3v) is 6.08. The minimum absolute atomic E-state index is 0. The van der Waals surface area contributed by atoms with Crippen molar-refractivity contribution in [2.24, 2.45) is 11.3 Å². The summed E-state index contributed by atoms with van der Waals surface area (Å²) in [7, 11) is 0. The van der Waals surface area contributed by atoms with Crippen molar-refractivity contribution in [1.29, 1.82) is 0 Å². The standard InChI is InChI=1S/C23H27N3O2.ClH/c27-21(25-13-10-17-6-2-1-3-7-17)18-8-4-5-9-20(18)26-22(28)19-16-23(19)11-14-24-15-12-23;/h1-9,19,24H,10-16H2,(H,25,27)(H,26,28);1H. The van der Waals surface area contributed by atoms with Gasteiger partial charge >= 0.3 is 0 Å². The number of nitrogens with one attached hydrogen (secondary N) is 3. The first-order valence-corrected chi connectivity index (χ1v) is 10.1. The SMILES string of the molecule is Cl.O=C(NCCc1ccccc1)c1ccccc1NC(=O)C1CC12CCNCC2. The average Bonchev–Trinajstić information content (AvgIpc) is 3.42. The number of amides is 2. The van der Waals surface area contributed by atoms with Gasteiger partial charge in [-0.1, -0.05) is 42.5 Å². The van der Waals surface area contributed by atoms with E-state index in [0.717, 1.165) is 38.8 Å². The Bertz CT molecular complexity index is 850. The maximum Gasteiger partial charge on any atom is 0.253 e. The predicted molar refractivity (Wildman–Crippen MR) is 117 cm³/mol. The van der Waals surface area contributed by atoms with Gasteiger partial charge in [-0.05, 0) is 61.9 Å². The molecular formula is C23H28ClN3O2. The molecule has 1 saturated carbocycles. The Labute approximate surface area is 178 Å². The van der Waals surface area contributed by atoms with Gasteiger partial charge in [0.25, 0.3) is 5.91 Å². The van der Waals surface area contributed by atoms with Crippen LogP contribution in [0.1, 0.15) is 35.2 Å². The van der Waals surface area contributed by atoms with Crippen molar-refractivity contribution in [2.75, 3.05) is 25.0 Å². The van der Waals surface area contributed by atoms with E-state index >= 15 is 0 Å². The summed E-state index contributed by atoms with van der Waals surface area (Å²) in [4.78, 5) is 25.4. The Balaban J connectivity index is 0.00000240. The van der Waals surface area contributed by atoms with E-state index in [-0.39, 0.29) is 35.6 Å². The van der Waals surface area contributed by atoms with Crippen molar-refractivity contribution in [3.63, 3.8) is 0 Å². The largest absolute Gasteiger partial charge is 0.352 e. The van der Waals surface area contributed by atoms with Gasteiger partial charge in [-0.2, -0.15) is 0 Å². The van der Waals surface area contributed by atoms with E-state index in [1.165, 1.54) is 5.56 Å². The number of benzene rings is 2. The Morgan fingerprint density at radius 1 is 1.00 bits per heavy atom. The van der Waals surface area contributed by atoms with Crippen LogP contribution in [0, 0.1) is 11.3 Å². The van der Waals surface area contributed by atoms with Crippen LogP contribution in [0.2, 0.25) is 0 Å². The lowest BCUT2D eigenvalue weighted by Gasteiger charge is -2.23. The smallest absolute Gasteiger partial charge is 0.253 e. The molecule has 1 heterocycles. The van der Waals surface area contributed by atoms with Crippen molar-refractivity contribution in [3.05, 3.63) is 65.7 Å². The minimum Gasteiger partial charge on any atom is -0.352 e. The van der Waals surface area contributed by atoms with Crippen molar-refractivity contribution in [2.45, 2.75) is 25.7 Å². The number of para-hydroxylation sites is 1. The van der Waals surface area contributed by atoms with Crippen LogP contribution in [-0.4, -0.2) is 31.4 Å². The molecule has 1 unspecified atom stereocenters. The van der Waals surface area contributed by atoms with E-state index in [0.29, 0.717) is 17.8 Å². The first kappa shape index (κ1) is 21.3. The highest BCUT2D eigenvalue weighted by atomic mass is 35.5. The highest BCUT2D eigenvalue weighted by molar-refractivity contribution is 6.04. The fraction of sp³-hybridized carbons (Fsp3) is 0.391. The van der Waals surface area contributed by atoms with Crippen LogP contribution in [0.15, 0.2) is 54.6 Å².